The van der Waals surface area contributed by atoms with Crippen LogP contribution >= 0.6 is 0 Å². The van der Waals surface area contributed by atoms with Gasteiger partial charge in [-0.05, 0) is 19.3 Å². The zero-order valence-corrected chi connectivity index (χ0v) is 9.10. The fraction of sp³-hybridized carbons (Fsp3) is 0.889. The van der Waals surface area contributed by atoms with Gasteiger partial charge >= 0.3 is 5.97 Å². The van der Waals surface area contributed by atoms with Crippen molar-refractivity contribution < 1.29 is 14.1 Å². The van der Waals surface area contributed by atoms with Gasteiger partial charge in [-0.3, -0.25) is 9.00 Å². The Hall–Kier alpha value is -0.380. The first-order chi connectivity index (χ1) is 6.07. The van der Waals surface area contributed by atoms with Crippen molar-refractivity contribution in [2.24, 2.45) is 0 Å². The fourth-order valence-electron chi connectivity index (χ4n) is 0.908. The largest absolute Gasteiger partial charge is 0.481 e. The SMILES string of the molecule is CCC(C)S(=O)CCCCC(=O)O. The van der Waals surface area contributed by atoms with Crippen LogP contribution in [0.25, 0.3) is 0 Å². The van der Waals surface area contributed by atoms with E-state index in [0.29, 0.717) is 12.2 Å². The average molecular weight is 206 g/mol. The summed E-state index contributed by atoms with van der Waals surface area (Å²) in [6, 6.07) is 0. The molecule has 0 aliphatic rings. The first-order valence-electron chi connectivity index (χ1n) is 4.67. The van der Waals surface area contributed by atoms with Crippen molar-refractivity contribution >= 4 is 16.8 Å². The molecule has 0 bridgehead atoms. The number of carboxylic acids is 1. The lowest BCUT2D eigenvalue weighted by Gasteiger charge is -2.07. The molecule has 0 aromatic heterocycles. The van der Waals surface area contributed by atoms with Gasteiger partial charge in [0.25, 0.3) is 0 Å². The van der Waals surface area contributed by atoms with Crippen molar-refractivity contribution in [2.45, 2.75) is 44.8 Å². The molecule has 0 rings (SSSR count). The van der Waals surface area contributed by atoms with Crippen LogP contribution < -0.4 is 0 Å². The maximum Gasteiger partial charge on any atom is 0.303 e. The molecule has 0 saturated carbocycles. The normalized spacial score (nSPS) is 15.2. The predicted molar refractivity (Wildman–Crippen MR) is 54.2 cm³/mol. The van der Waals surface area contributed by atoms with Crippen molar-refractivity contribution in [2.75, 3.05) is 5.75 Å². The van der Waals surface area contributed by atoms with Crippen molar-refractivity contribution in [1.29, 1.82) is 0 Å². The molecule has 0 aromatic carbocycles. The van der Waals surface area contributed by atoms with Crippen molar-refractivity contribution in [3.63, 3.8) is 0 Å². The van der Waals surface area contributed by atoms with Crippen LogP contribution in [0.15, 0.2) is 0 Å². The van der Waals surface area contributed by atoms with Gasteiger partial charge in [0, 0.05) is 28.2 Å². The van der Waals surface area contributed by atoms with Gasteiger partial charge in [-0.2, -0.15) is 0 Å². The molecule has 78 valence electrons. The average Bonchev–Trinajstić information content (AvgIpc) is 2.10. The van der Waals surface area contributed by atoms with E-state index in [2.05, 4.69) is 0 Å². The van der Waals surface area contributed by atoms with Crippen molar-refractivity contribution in [3.05, 3.63) is 0 Å². The van der Waals surface area contributed by atoms with Gasteiger partial charge in [0.15, 0.2) is 0 Å². The van der Waals surface area contributed by atoms with Crippen molar-refractivity contribution in [3.8, 4) is 0 Å². The summed E-state index contributed by atoms with van der Waals surface area (Å²) in [6.45, 7) is 3.98. The third-order valence-electron chi connectivity index (χ3n) is 2.01. The van der Waals surface area contributed by atoms with E-state index in [1.165, 1.54) is 0 Å². The summed E-state index contributed by atoms with van der Waals surface area (Å²) in [5, 5.41) is 8.60. The van der Waals surface area contributed by atoms with Crippen LogP contribution in [0.1, 0.15) is 39.5 Å². The topological polar surface area (TPSA) is 54.4 Å². The smallest absolute Gasteiger partial charge is 0.303 e. The van der Waals surface area contributed by atoms with Gasteiger partial charge in [0.1, 0.15) is 0 Å². The lowest BCUT2D eigenvalue weighted by molar-refractivity contribution is -0.137. The minimum Gasteiger partial charge on any atom is -0.481 e. The predicted octanol–water partition coefficient (Wildman–Crippen LogP) is 1.79. The number of unbranched alkanes of at least 4 members (excludes halogenated alkanes) is 1. The summed E-state index contributed by atoms with van der Waals surface area (Å²) < 4.78 is 11.4. The molecule has 0 aliphatic carbocycles. The Bertz CT molecular complexity index is 180. The summed E-state index contributed by atoms with van der Waals surface area (Å²) in [5.41, 5.74) is 0. The van der Waals surface area contributed by atoms with E-state index in [1.807, 2.05) is 13.8 Å². The molecule has 3 nitrogen and oxygen atoms in total. The van der Waals surface area contributed by atoms with Crippen LogP contribution in [-0.4, -0.2) is 26.3 Å². The number of hydrogen-bond acceptors (Lipinski definition) is 2. The van der Waals surface area contributed by atoms with Gasteiger partial charge in [-0.25, -0.2) is 0 Å². The van der Waals surface area contributed by atoms with Crippen LogP contribution in [0.4, 0.5) is 0 Å². The van der Waals surface area contributed by atoms with Gasteiger partial charge in [0.05, 0.1) is 0 Å². The molecular formula is C9H18O3S. The molecule has 0 heterocycles. The fourth-order valence-corrected chi connectivity index (χ4v) is 2.17. The highest BCUT2D eigenvalue weighted by atomic mass is 32.2. The zero-order valence-electron chi connectivity index (χ0n) is 8.28. The molecule has 0 aromatic rings. The lowest BCUT2D eigenvalue weighted by atomic mass is 10.2. The number of carbonyl (C=O) groups is 1. The van der Waals surface area contributed by atoms with E-state index in [4.69, 9.17) is 5.11 Å². The van der Waals surface area contributed by atoms with E-state index in [9.17, 15) is 9.00 Å². The van der Waals surface area contributed by atoms with Crippen LogP contribution in [0.5, 0.6) is 0 Å². The zero-order chi connectivity index (χ0) is 10.3. The second-order valence-electron chi connectivity index (χ2n) is 3.15. The molecule has 13 heavy (non-hydrogen) atoms. The molecule has 0 radical (unpaired) electrons. The van der Waals surface area contributed by atoms with E-state index in [0.717, 1.165) is 12.8 Å². The highest BCUT2D eigenvalue weighted by Gasteiger charge is 2.07. The first-order valence-corrected chi connectivity index (χ1v) is 6.05. The molecule has 1 N–H and O–H groups in total. The van der Waals surface area contributed by atoms with Crippen molar-refractivity contribution in [1.82, 2.24) is 0 Å². The highest BCUT2D eigenvalue weighted by Crippen LogP contribution is 2.04. The monoisotopic (exact) mass is 206 g/mol. The standard InChI is InChI=1S/C9H18O3S/c1-3-8(2)13(12)7-5-4-6-9(10)11/h8H,3-7H2,1-2H3,(H,10,11). The minimum absolute atomic E-state index is 0.192. The van der Waals surface area contributed by atoms with E-state index < -0.39 is 16.8 Å². The summed E-state index contributed by atoms with van der Waals surface area (Å²) >= 11 is 0. The van der Waals surface area contributed by atoms with Crippen LogP contribution in [0.3, 0.4) is 0 Å². The second kappa shape index (κ2) is 7.06. The molecule has 0 spiro atoms. The number of aliphatic carboxylic acids is 1. The molecule has 4 heteroatoms. The lowest BCUT2D eigenvalue weighted by Crippen LogP contribution is -2.12. The third kappa shape index (κ3) is 6.75. The molecule has 2 unspecified atom stereocenters. The Morgan fingerprint density at radius 3 is 2.54 bits per heavy atom. The summed E-state index contributed by atoms with van der Waals surface area (Å²) in [5.74, 6) is -0.128. The number of carboxylic acid groups (broad SMARTS) is 1. The summed E-state index contributed by atoms with van der Waals surface area (Å²) in [4.78, 5) is 10.2. The molecule has 0 aliphatic heterocycles. The molecule has 2 atom stereocenters. The van der Waals surface area contributed by atoms with Gasteiger partial charge in [-0.1, -0.05) is 13.8 Å². The first kappa shape index (κ1) is 12.6. The van der Waals surface area contributed by atoms with Crippen LogP contribution in [0, 0.1) is 0 Å². The second-order valence-corrected chi connectivity index (χ2v) is 5.13. The third-order valence-corrected chi connectivity index (χ3v) is 3.93. The number of hydrogen-bond donors (Lipinski definition) is 1. The highest BCUT2D eigenvalue weighted by molar-refractivity contribution is 7.85. The summed E-state index contributed by atoms with van der Waals surface area (Å²) in [6.07, 6.45) is 2.50. The van der Waals surface area contributed by atoms with E-state index in [-0.39, 0.29) is 11.7 Å². The van der Waals surface area contributed by atoms with E-state index in [1.54, 1.807) is 0 Å². The Kier molecular flexibility index (Phi) is 6.86. The van der Waals surface area contributed by atoms with Crippen LogP contribution in [-0.2, 0) is 15.6 Å². The maximum atomic E-state index is 11.4. The minimum atomic E-state index is -0.772. The van der Waals surface area contributed by atoms with Crippen LogP contribution in [0.2, 0.25) is 0 Å². The molecular weight excluding hydrogens is 188 g/mol. The Labute approximate surface area is 82.0 Å². The van der Waals surface area contributed by atoms with Gasteiger partial charge < -0.3 is 5.11 Å². The number of rotatable bonds is 7. The summed E-state index contributed by atoms with van der Waals surface area (Å²) in [7, 11) is -0.772. The van der Waals surface area contributed by atoms with Gasteiger partial charge in [-0.15, -0.1) is 0 Å². The quantitative estimate of drug-likeness (QED) is 0.646. The Morgan fingerprint density at radius 1 is 1.46 bits per heavy atom. The Morgan fingerprint density at radius 2 is 2.08 bits per heavy atom. The Balaban J connectivity index is 3.42. The maximum absolute atomic E-state index is 11.4. The van der Waals surface area contributed by atoms with E-state index >= 15 is 0 Å². The molecule has 0 amide bonds. The molecule has 0 saturated heterocycles. The molecule has 0 fully saturated rings. The van der Waals surface area contributed by atoms with Gasteiger partial charge in [0.2, 0.25) is 0 Å².